The van der Waals surface area contributed by atoms with Gasteiger partial charge in [-0.2, -0.15) is 13.2 Å². The third-order valence-electron chi connectivity index (χ3n) is 4.82. The van der Waals surface area contributed by atoms with E-state index in [1.165, 1.54) is 6.07 Å². The third-order valence-corrected chi connectivity index (χ3v) is 6.10. The molecule has 1 atom stereocenters. The molecule has 2 aromatic carbocycles. The van der Waals surface area contributed by atoms with Crippen molar-refractivity contribution in [1.82, 2.24) is 5.32 Å². The summed E-state index contributed by atoms with van der Waals surface area (Å²) in [5, 5.41) is 6.79. The Morgan fingerprint density at radius 1 is 1.13 bits per heavy atom. The maximum absolute atomic E-state index is 12.8. The Kier molecular flexibility index (Phi) is 6.59. The van der Waals surface area contributed by atoms with Crippen molar-refractivity contribution in [1.29, 1.82) is 0 Å². The maximum Gasteiger partial charge on any atom is 0.416 e. The fourth-order valence-electron chi connectivity index (χ4n) is 2.96. The largest absolute Gasteiger partial charge is 0.416 e. The summed E-state index contributed by atoms with van der Waals surface area (Å²) in [5.74, 6) is -1.49. The van der Waals surface area contributed by atoms with Gasteiger partial charge in [0.15, 0.2) is 0 Å². The van der Waals surface area contributed by atoms with Gasteiger partial charge in [-0.15, -0.1) is 11.8 Å². The molecule has 1 unspecified atom stereocenters. The molecule has 1 aliphatic rings. The number of alkyl halides is 3. The van der Waals surface area contributed by atoms with Crippen molar-refractivity contribution >= 4 is 40.9 Å². The van der Waals surface area contributed by atoms with E-state index in [0.29, 0.717) is 10.6 Å². The average Bonchev–Trinajstić information content (AvgIpc) is 2.69. The Balaban J connectivity index is 1.54. The molecule has 6 nitrogen and oxygen atoms in total. The van der Waals surface area contributed by atoms with Gasteiger partial charge in [0.05, 0.1) is 23.0 Å². The maximum atomic E-state index is 12.8. The lowest BCUT2D eigenvalue weighted by molar-refractivity contribution is -0.137. The summed E-state index contributed by atoms with van der Waals surface area (Å²) in [7, 11) is 0. The highest BCUT2D eigenvalue weighted by Gasteiger charge is 2.34. The van der Waals surface area contributed by atoms with Crippen LogP contribution < -0.4 is 16.0 Å². The minimum Gasteiger partial charge on any atom is -0.347 e. The van der Waals surface area contributed by atoms with Gasteiger partial charge in [0.2, 0.25) is 17.7 Å². The second-order valence-electron chi connectivity index (χ2n) is 7.08. The van der Waals surface area contributed by atoms with Crippen LogP contribution in [0.15, 0.2) is 41.3 Å². The number of rotatable bonds is 5. The van der Waals surface area contributed by atoms with Crippen molar-refractivity contribution in [3.63, 3.8) is 0 Å². The van der Waals surface area contributed by atoms with Crippen molar-refractivity contribution in [2.75, 3.05) is 17.2 Å². The van der Waals surface area contributed by atoms with Crippen LogP contribution in [0.1, 0.15) is 23.1 Å². The number of benzene rings is 2. The number of carbonyl (C=O) groups is 3. The van der Waals surface area contributed by atoms with Crippen molar-refractivity contribution in [3.05, 3.63) is 53.1 Å². The first-order chi connectivity index (χ1) is 14.5. The van der Waals surface area contributed by atoms with E-state index in [-0.39, 0.29) is 18.7 Å². The number of nitrogens with one attached hydrogen (secondary N) is 3. The summed E-state index contributed by atoms with van der Waals surface area (Å²) < 4.78 is 38.5. The molecule has 0 aliphatic carbocycles. The van der Waals surface area contributed by atoms with Gasteiger partial charge < -0.3 is 16.0 Å². The Hall–Kier alpha value is -3.01. The van der Waals surface area contributed by atoms with E-state index in [4.69, 9.17) is 0 Å². The Labute approximate surface area is 181 Å². The van der Waals surface area contributed by atoms with Gasteiger partial charge in [-0.05, 0) is 49.2 Å². The summed E-state index contributed by atoms with van der Waals surface area (Å²) in [6.45, 7) is 3.52. The SMILES string of the molecule is Cc1cccc(NC(=O)CNC(=O)CC2Sc3ccc(C(F)(F)F)cc3NC2=O)c1C. The Bertz CT molecular complexity index is 1040. The third kappa shape index (κ3) is 5.57. The molecule has 0 spiro atoms. The lowest BCUT2D eigenvalue weighted by Crippen LogP contribution is -2.38. The average molecular weight is 451 g/mol. The predicted molar refractivity (Wildman–Crippen MR) is 112 cm³/mol. The first kappa shape index (κ1) is 22.7. The number of anilines is 2. The standard InChI is InChI=1S/C21H20F3N3O3S/c1-11-4-3-5-14(12(11)2)26-19(29)10-25-18(28)9-17-20(30)27-15-8-13(21(22,23)24)6-7-16(15)31-17/h3-8,17H,9-10H2,1-2H3,(H,25,28)(H,26,29)(H,27,30). The first-order valence-corrected chi connectivity index (χ1v) is 10.2. The molecule has 10 heteroatoms. The topological polar surface area (TPSA) is 87.3 Å². The molecule has 1 heterocycles. The van der Waals surface area contributed by atoms with E-state index < -0.39 is 34.7 Å². The fraction of sp³-hybridized carbons (Fsp3) is 0.286. The van der Waals surface area contributed by atoms with Crippen molar-refractivity contribution in [2.24, 2.45) is 0 Å². The van der Waals surface area contributed by atoms with Gasteiger partial charge in [-0.1, -0.05) is 12.1 Å². The normalized spacial score (nSPS) is 15.6. The van der Waals surface area contributed by atoms with Crippen molar-refractivity contribution < 1.29 is 27.6 Å². The fourth-order valence-corrected chi connectivity index (χ4v) is 4.05. The van der Waals surface area contributed by atoms with Crippen LogP contribution in [0.5, 0.6) is 0 Å². The van der Waals surface area contributed by atoms with Crippen LogP contribution in [-0.2, 0) is 20.6 Å². The first-order valence-electron chi connectivity index (χ1n) is 9.36. The summed E-state index contributed by atoms with van der Waals surface area (Å²) in [6, 6.07) is 8.55. The van der Waals surface area contributed by atoms with E-state index in [1.807, 2.05) is 26.0 Å². The smallest absolute Gasteiger partial charge is 0.347 e. The zero-order valence-corrected chi connectivity index (χ0v) is 17.5. The number of fused-ring (bicyclic) bond motifs is 1. The van der Waals surface area contributed by atoms with Crippen LogP contribution in [-0.4, -0.2) is 29.5 Å². The molecule has 0 bridgehead atoms. The van der Waals surface area contributed by atoms with Crippen LogP contribution in [0.25, 0.3) is 0 Å². The molecule has 0 fully saturated rings. The van der Waals surface area contributed by atoms with Gasteiger partial charge in [0, 0.05) is 17.0 Å². The molecule has 1 aliphatic heterocycles. The molecule has 164 valence electrons. The molecule has 3 amide bonds. The number of hydrogen-bond acceptors (Lipinski definition) is 4. The molecule has 0 aromatic heterocycles. The summed E-state index contributed by atoms with van der Waals surface area (Å²) in [5.41, 5.74) is 1.79. The van der Waals surface area contributed by atoms with Gasteiger partial charge in [0.25, 0.3) is 0 Å². The highest BCUT2D eigenvalue weighted by molar-refractivity contribution is 8.01. The zero-order valence-electron chi connectivity index (χ0n) is 16.7. The van der Waals surface area contributed by atoms with Crippen molar-refractivity contribution in [2.45, 2.75) is 36.6 Å². The molecule has 3 rings (SSSR count). The van der Waals surface area contributed by atoms with Crippen LogP contribution in [0.2, 0.25) is 0 Å². The molecular formula is C21H20F3N3O3S. The number of halogens is 3. The van der Waals surface area contributed by atoms with E-state index >= 15 is 0 Å². The van der Waals surface area contributed by atoms with Crippen LogP contribution >= 0.6 is 11.8 Å². The van der Waals surface area contributed by atoms with Crippen molar-refractivity contribution in [3.8, 4) is 0 Å². The number of hydrogen-bond donors (Lipinski definition) is 3. The minimum atomic E-state index is -4.52. The molecule has 31 heavy (non-hydrogen) atoms. The molecule has 0 saturated carbocycles. The highest BCUT2D eigenvalue weighted by Crippen LogP contribution is 2.40. The van der Waals surface area contributed by atoms with E-state index in [9.17, 15) is 27.6 Å². The monoisotopic (exact) mass is 451 g/mol. The van der Waals surface area contributed by atoms with Gasteiger partial charge in [-0.25, -0.2) is 0 Å². The van der Waals surface area contributed by atoms with Gasteiger partial charge in [0.1, 0.15) is 0 Å². The summed E-state index contributed by atoms with van der Waals surface area (Å²) >= 11 is 1.01. The molecule has 2 aromatic rings. The number of amides is 3. The quantitative estimate of drug-likeness (QED) is 0.644. The second-order valence-corrected chi connectivity index (χ2v) is 8.33. The lowest BCUT2D eigenvalue weighted by atomic mass is 10.1. The lowest BCUT2D eigenvalue weighted by Gasteiger charge is -2.24. The molecule has 0 radical (unpaired) electrons. The van der Waals surface area contributed by atoms with E-state index in [2.05, 4.69) is 16.0 Å². The summed E-state index contributed by atoms with van der Waals surface area (Å²) in [6.07, 6.45) is -4.73. The zero-order chi connectivity index (χ0) is 22.8. The molecular weight excluding hydrogens is 431 g/mol. The van der Waals surface area contributed by atoms with Crippen LogP contribution in [0.3, 0.4) is 0 Å². The van der Waals surface area contributed by atoms with E-state index in [1.54, 1.807) is 6.07 Å². The Morgan fingerprint density at radius 2 is 1.87 bits per heavy atom. The summed E-state index contributed by atoms with van der Waals surface area (Å²) in [4.78, 5) is 37.0. The van der Waals surface area contributed by atoms with Gasteiger partial charge in [-0.3, -0.25) is 14.4 Å². The van der Waals surface area contributed by atoms with Crippen LogP contribution in [0.4, 0.5) is 24.5 Å². The minimum absolute atomic E-state index is 0.0642. The predicted octanol–water partition coefficient (Wildman–Crippen LogP) is 3.88. The van der Waals surface area contributed by atoms with Gasteiger partial charge >= 0.3 is 6.18 Å². The molecule has 3 N–H and O–H groups in total. The second kappa shape index (κ2) is 9.01. The Morgan fingerprint density at radius 3 is 2.58 bits per heavy atom. The number of carbonyl (C=O) groups excluding carboxylic acids is 3. The highest BCUT2D eigenvalue weighted by atomic mass is 32.2. The van der Waals surface area contributed by atoms with Crippen LogP contribution in [0, 0.1) is 13.8 Å². The number of thioether (sulfide) groups is 1. The van der Waals surface area contributed by atoms with E-state index in [0.717, 1.165) is 35.0 Å². The molecule has 0 saturated heterocycles. The number of aryl methyl sites for hydroxylation is 1.